The predicted octanol–water partition coefficient (Wildman–Crippen LogP) is 3.67. The molecular weight excluding hydrogens is 246 g/mol. The molecule has 0 aliphatic carbocycles. The monoisotopic (exact) mass is 267 g/mol. The lowest BCUT2D eigenvalue weighted by Gasteiger charge is -2.20. The molecule has 0 heterocycles. The van der Waals surface area contributed by atoms with Gasteiger partial charge in [-0.25, -0.2) is 0 Å². The van der Waals surface area contributed by atoms with Gasteiger partial charge in [-0.2, -0.15) is 0 Å². The average molecular weight is 267 g/mol. The Bertz CT molecular complexity index is 509. The van der Waals surface area contributed by atoms with Crippen molar-refractivity contribution in [2.75, 3.05) is 13.2 Å². The Morgan fingerprint density at radius 1 is 0.950 bits per heavy atom. The molecule has 2 nitrogen and oxygen atoms in total. The molecule has 2 N–H and O–H groups in total. The predicted molar refractivity (Wildman–Crippen MR) is 83.6 cm³/mol. The minimum Gasteiger partial charge on any atom is -0.369 e. The Morgan fingerprint density at radius 3 is 2.00 bits per heavy atom. The van der Waals surface area contributed by atoms with Crippen LogP contribution in [-0.4, -0.2) is 13.2 Å². The van der Waals surface area contributed by atoms with Crippen LogP contribution in [0.1, 0.15) is 23.1 Å². The molecule has 104 valence electrons. The molecule has 2 heteroatoms. The van der Waals surface area contributed by atoms with Crippen molar-refractivity contribution in [3.8, 4) is 0 Å². The van der Waals surface area contributed by atoms with Crippen molar-refractivity contribution in [1.29, 1.82) is 0 Å². The minimum absolute atomic E-state index is 0.0889. The van der Waals surface area contributed by atoms with Gasteiger partial charge in [0.05, 0.1) is 6.61 Å². The SMILES string of the molecule is C=CC(OCC(CN)c1ccccc1)c1ccccc1. The molecule has 2 rings (SSSR count). The average Bonchev–Trinajstić information content (AvgIpc) is 2.53. The van der Waals surface area contributed by atoms with Crippen molar-refractivity contribution in [2.45, 2.75) is 12.0 Å². The molecule has 20 heavy (non-hydrogen) atoms. The number of hydrogen-bond acceptors (Lipinski definition) is 2. The molecule has 2 atom stereocenters. The van der Waals surface area contributed by atoms with Crippen LogP contribution in [0.5, 0.6) is 0 Å². The summed E-state index contributed by atoms with van der Waals surface area (Å²) >= 11 is 0. The van der Waals surface area contributed by atoms with Crippen LogP contribution in [0.25, 0.3) is 0 Å². The first-order valence-electron chi connectivity index (χ1n) is 6.89. The lowest BCUT2D eigenvalue weighted by Crippen LogP contribution is -2.19. The van der Waals surface area contributed by atoms with Gasteiger partial charge in [-0.1, -0.05) is 66.7 Å². The van der Waals surface area contributed by atoms with E-state index in [1.165, 1.54) is 5.56 Å². The highest BCUT2D eigenvalue weighted by molar-refractivity contribution is 5.22. The number of ether oxygens (including phenoxy) is 1. The first-order chi connectivity index (χ1) is 9.85. The van der Waals surface area contributed by atoms with Gasteiger partial charge in [0.25, 0.3) is 0 Å². The van der Waals surface area contributed by atoms with E-state index in [-0.39, 0.29) is 12.0 Å². The highest BCUT2D eigenvalue weighted by Crippen LogP contribution is 2.22. The lowest BCUT2D eigenvalue weighted by molar-refractivity contribution is 0.0748. The largest absolute Gasteiger partial charge is 0.369 e. The second-order valence-electron chi connectivity index (χ2n) is 4.74. The second-order valence-corrected chi connectivity index (χ2v) is 4.74. The third kappa shape index (κ3) is 3.80. The summed E-state index contributed by atoms with van der Waals surface area (Å²) in [5.41, 5.74) is 8.20. The number of rotatable bonds is 7. The van der Waals surface area contributed by atoms with Crippen LogP contribution in [0.4, 0.5) is 0 Å². The van der Waals surface area contributed by atoms with Gasteiger partial charge in [0.15, 0.2) is 0 Å². The van der Waals surface area contributed by atoms with E-state index in [9.17, 15) is 0 Å². The molecule has 2 unspecified atom stereocenters. The van der Waals surface area contributed by atoms with Crippen LogP contribution in [0.15, 0.2) is 73.3 Å². The number of nitrogens with two attached hydrogens (primary N) is 1. The summed E-state index contributed by atoms with van der Waals surface area (Å²) in [6.45, 7) is 5.02. The maximum Gasteiger partial charge on any atom is 0.100 e. The summed E-state index contributed by atoms with van der Waals surface area (Å²) in [5.74, 6) is 0.211. The standard InChI is InChI=1S/C18H21NO/c1-2-18(16-11-7-4-8-12-16)20-14-17(13-19)15-9-5-3-6-10-15/h2-12,17-18H,1,13-14,19H2. The Kier molecular flexibility index (Phi) is 5.54. The van der Waals surface area contributed by atoms with Gasteiger partial charge in [-0.15, -0.1) is 6.58 Å². The summed E-state index contributed by atoms with van der Waals surface area (Å²) in [5, 5.41) is 0. The summed E-state index contributed by atoms with van der Waals surface area (Å²) in [6, 6.07) is 20.3. The highest BCUT2D eigenvalue weighted by Gasteiger charge is 2.13. The van der Waals surface area contributed by atoms with Crippen molar-refractivity contribution in [3.05, 3.63) is 84.4 Å². The third-order valence-electron chi connectivity index (χ3n) is 3.37. The Hall–Kier alpha value is -1.90. The first kappa shape index (κ1) is 14.5. The van der Waals surface area contributed by atoms with E-state index < -0.39 is 0 Å². The molecule has 0 spiro atoms. The summed E-state index contributed by atoms with van der Waals surface area (Å²) in [4.78, 5) is 0. The van der Waals surface area contributed by atoms with Crippen LogP contribution in [0.2, 0.25) is 0 Å². The Morgan fingerprint density at radius 2 is 1.50 bits per heavy atom. The van der Waals surface area contributed by atoms with Crippen molar-refractivity contribution in [3.63, 3.8) is 0 Å². The van der Waals surface area contributed by atoms with E-state index in [0.717, 1.165) is 5.56 Å². The van der Waals surface area contributed by atoms with E-state index in [1.807, 2.05) is 54.6 Å². The molecular formula is C18H21NO. The lowest BCUT2D eigenvalue weighted by atomic mass is 10.00. The fourth-order valence-corrected chi connectivity index (χ4v) is 2.19. The molecule has 2 aromatic carbocycles. The zero-order valence-electron chi connectivity index (χ0n) is 11.6. The van der Waals surface area contributed by atoms with Crippen molar-refractivity contribution >= 4 is 0 Å². The highest BCUT2D eigenvalue weighted by atomic mass is 16.5. The fourth-order valence-electron chi connectivity index (χ4n) is 2.19. The van der Waals surface area contributed by atoms with Gasteiger partial charge in [0, 0.05) is 12.5 Å². The molecule has 2 aromatic rings. The van der Waals surface area contributed by atoms with Crippen LogP contribution in [0.3, 0.4) is 0 Å². The van der Waals surface area contributed by atoms with Crippen molar-refractivity contribution in [1.82, 2.24) is 0 Å². The van der Waals surface area contributed by atoms with Gasteiger partial charge in [-0.3, -0.25) is 0 Å². The van der Waals surface area contributed by atoms with Crippen LogP contribution < -0.4 is 5.73 Å². The summed E-state index contributed by atoms with van der Waals surface area (Å²) in [6.07, 6.45) is 1.74. The normalized spacial score (nSPS) is 13.7. The quantitative estimate of drug-likeness (QED) is 0.777. The molecule has 0 aliphatic rings. The van der Waals surface area contributed by atoms with Crippen molar-refractivity contribution < 1.29 is 4.74 Å². The van der Waals surface area contributed by atoms with E-state index in [2.05, 4.69) is 18.7 Å². The smallest absolute Gasteiger partial charge is 0.100 e. The van der Waals surface area contributed by atoms with Gasteiger partial charge in [0.2, 0.25) is 0 Å². The molecule has 0 saturated carbocycles. The van der Waals surface area contributed by atoms with Crippen LogP contribution in [-0.2, 0) is 4.74 Å². The van der Waals surface area contributed by atoms with E-state index in [4.69, 9.17) is 10.5 Å². The minimum atomic E-state index is -0.0889. The van der Waals surface area contributed by atoms with Gasteiger partial charge < -0.3 is 10.5 Å². The molecule has 0 aliphatic heterocycles. The first-order valence-corrected chi connectivity index (χ1v) is 6.89. The number of benzene rings is 2. The zero-order chi connectivity index (χ0) is 14.2. The Labute approximate surface area is 120 Å². The molecule has 0 aromatic heterocycles. The van der Waals surface area contributed by atoms with E-state index >= 15 is 0 Å². The second kappa shape index (κ2) is 7.63. The van der Waals surface area contributed by atoms with Crippen LogP contribution >= 0.6 is 0 Å². The van der Waals surface area contributed by atoms with Crippen molar-refractivity contribution in [2.24, 2.45) is 5.73 Å². The zero-order valence-corrected chi connectivity index (χ0v) is 11.6. The van der Waals surface area contributed by atoms with E-state index in [1.54, 1.807) is 0 Å². The summed E-state index contributed by atoms with van der Waals surface area (Å²) < 4.78 is 5.99. The molecule has 0 saturated heterocycles. The molecule has 0 radical (unpaired) electrons. The topological polar surface area (TPSA) is 35.2 Å². The van der Waals surface area contributed by atoms with Gasteiger partial charge in [-0.05, 0) is 11.1 Å². The van der Waals surface area contributed by atoms with Gasteiger partial charge >= 0.3 is 0 Å². The third-order valence-corrected chi connectivity index (χ3v) is 3.37. The summed E-state index contributed by atoms with van der Waals surface area (Å²) in [7, 11) is 0. The molecule has 0 bridgehead atoms. The van der Waals surface area contributed by atoms with Crippen LogP contribution in [0, 0.1) is 0 Å². The number of hydrogen-bond donors (Lipinski definition) is 1. The van der Waals surface area contributed by atoms with E-state index in [0.29, 0.717) is 13.2 Å². The maximum atomic E-state index is 5.99. The Balaban J connectivity index is 2.00. The maximum absolute atomic E-state index is 5.99. The molecule has 0 fully saturated rings. The fraction of sp³-hybridized carbons (Fsp3) is 0.222. The molecule has 0 amide bonds. The van der Waals surface area contributed by atoms with Gasteiger partial charge in [0.1, 0.15) is 6.10 Å².